The van der Waals surface area contributed by atoms with Crippen LogP contribution in [0.15, 0.2) is 0 Å². The van der Waals surface area contributed by atoms with Gasteiger partial charge in [-0.05, 0) is 0 Å². The zero-order chi connectivity index (χ0) is 15.4. The molecular weight excluding hydrogens is 276 g/mol. The van der Waals surface area contributed by atoms with Crippen molar-refractivity contribution >= 4 is 11.9 Å². The number of carboxylic acids is 1. The second kappa shape index (κ2) is 6.92. The number of aliphatic carboxylic acids is 1. The Hall–Kier alpha value is -1.30. The summed E-state index contributed by atoms with van der Waals surface area (Å²) in [5.41, 5.74) is 5.16. The van der Waals surface area contributed by atoms with Crippen molar-refractivity contribution in [1.29, 1.82) is 0 Å². The van der Waals surface area contributed by atoms with E-state index in [4.69, 9.17) is 20.7 Å². The van der Waals surface area contributed by atoms with Gasteiger partial charge in [0.15, 0.2) is 6.29 Å². The molecule has 1 fully saturated rings. The molecule has 1 heterocycles. The van der Waals surface area contributed by atoms with Crippen molar-refractivity contribution in [2.24, 2.45) is 5.73 Å². The summed E-state index contributed by atoms with van der Waals surface area (Å²) in [6.45, 7) is -0.625. The van der Waals surface area contributed by atoms with Gasteiger partial charge >= 0.3 is 5.97 Å². The lowest BCUT2D eigenvalue weighted by atomic mass is 9.97. The maximum Gasteiger partial charge on any atom is 0.321 e. The number of nitrogens with one attached hydrogen (secondary N) is 1. The number of carbonyl (C=O) groups is 2. The minimum atomic E-state index is -1.66. The predicted molar refractivity (Wildman–Crippen MR) is 62.1 cm³/mol. The molecule has 116 valence electrons. The molecule has 1 rings (SSSR count). The van der Waals surface area contributed by atoms with Gasteiger partial charge < -0.3 is 41.3 Å². The maximum absolute atomic E-state index is 11.5. The lowest BCUT2D eigenvalue weighted by molar-refractivity contribution is -0.253. The molecule has 10 heteroatoms. The van der Waals surface area contributed by atoms with Gasteiger partial charge in [-0.1, -0.05) is 0 Å². The van der Waals surface area contributed by atoms with E-state index in [9.17, 15) is 24.9 Å². The van der Waals surface area contributed by atoms with Gasteiger partial charge in [-0.25, -0.2) is 0 Å². The van der Waals surface area contributed by atoms with Gasteiger partial charge in [-0.3, -0.25) is 9.59 Å². The van der Waals surface area contributed by atoms with Crippen LogP contribution in [-0.2, 0) is 14.3 Å². The normalized spacial score (nSPS) is 35.4. The first-order valence-electron chi connectivity index (χ1n) is 5.86. The van der Waals surface area contributed by atoms with Crippen LogP contribution in [0.2, 0.25) is 0 Å². The molecule has 0 spiro atoms. The lowest BCUT2D eigenvalue weighted by Gasteiger charge is -2.40. The molecule has 0 aromatic rings. The molecular formula is C10H18N2O8. The highest BCUT2D eigenvalue weighted by atomic mass is 16.6. The second-order valence-corrected chi connectivity index (χ2v) is 4.47. The van der Waals surface area contributed by atoms with Crippen LogP contribution in [0.1, 0.15) is 6.42 Å². The molecule has 1 amide bonds. The summed E-state index contributed by atoms with van der Waals surface area (Å²) >= 11 is 0. The molecule has 1 aliphatic heterocycles. The number of amides is 1. The molecule has 20 heavy (non-hydrogen) atoms. The van der Waals surface area contributed by atoms with E-state index in [0.717, 1.165) is 0 Å². The van der Waals surface area contributed by atoms with Crippen LogP contribution in [0.4, 0.5) is 0 Å². The van der Waals surface area contributed by atoms with E-state index < -0.39 is 61.6 Å². The molecule has 8 N–H and O–H groups in total. The zero-order valence-electron chi connectivity index (χ0n) is 10.4. The molecule has 0 aromatic heterocycles. The van der Waals surface area contributed by atoms with E-state index in [1.165, 1.54) is 0 Å². The van der Waals surface area contributed by atoms with Crippen molar-refractivity contribution in [3.8, 4) is 0 Å². The standard InChI is InChI=1S/C10H18N2O8/c11-3(9(17)18)1-5(14)12-6-8(16)7(15)4(2-13)20-10(6)19/h3-4,6-8,10,13,15-16,19H,1-2,11H2,(H,12,14)(H,17,18)/t3-,4+,6+,7+,8+,10?/m0/s1. The highest BCUT2D eigenvalue weighted by molar-refractivity contribution is 5.84. The first-order valence-corrected chi connectivity index (χ1v) is 5.86. The summed E-state index contributed by atoms with van der Waals surface area (Å²) < 4.78 is 4.82. The molecule has 6 atom stereocenters. The first-order chi connectivity index (χ1) is 9.27. The Labute approximate surface area is 113 Å². The maximum atomic E-state index is 11.5. The van der Waals surface area contributed by atoms with Crippen LogP contribution < -0.4 is 11.1 Å². The molecule has 10 nitrogen and oxygen atoms in total. The Kier molecular flexibility index (Phi) is 5.80. The Morgan fingerprint density at radius 3 is 2.35 bits per heavy atom. The van der Waals surface area contributed by atoms with Crippen molar-refractivity contribution < 1.29 is 39.9 Å². The number of carboxylic acid groups (broad SMARTS) is 1. The van der Waals surface area contributed by atoms with Crippen LogP contribution in [0.3, 0.4) is 0 Å². The van der Waals surface area contributed by atoms with Gasteiger partial charge in [-0.2, -0.15) is 0 Å². The van der Waals surface area contributed by atoms with Gasteiger partial charge in [-0.15, -0.1) is 0 Å². The van der Waals surface area contributed by atoms with E-state index >= 15 is 0 Å². The molecule has 1 unspecified atom stereocenters. The zero-order valence-corrected chi connectivity index (χ0v) is 10.4. The third-order valence-electron chi connectivity index (χ3n) is 2.95. The van der Waals surface area contributed by atoms with Gasteiger partial charge in [0.25, 0.3) is 0 Å². The number of hydrogen-bond acceptors (Lipinski definition) is 8. The van der Waals surface area contributed by atoms with E-state index in [1.54, 1.807) is 0 Å². The van der Waals surface area contributed by atoms with Crippen LogP contribution in [0, 0.1) is 0 Å². The van der Waals surface area contributed by atoms with Crippen molar-refractivity contribution in [3.63, 3.8) is 0 Å². The summed E-state index contributed by atoms with van der Waals surface area (Å²) in [6.07, 6.45) is -6.50. The monoisotopic (exact) mass is 294 g/mol. The fourth-order valence-electron chi connectivity index (χ4n) is 1.78. The van der Waals surface area contributed by atoms with Crippen LogP contribution in [-0.4, -0.2) is 80.7 Å². The quantitative estimate of drug-likeness (QED) is 0.263. The molecule has 0 aliphatic carbocycles. The number of aliphatic hydroxyl groups is 4. The Bertz CT molecular complexity index is 365. The third-order valence-corrected chi connectivity index (χ3v) is 2.95. The minimum absolute atomic E-state index is 0.565. The number of aliphatic hydroxyl groups excluding tert-OH is 4. The molecule has 0 bridgehead atoms. The molecule has 0 saturated carbocycles. The fourth-order valence-corrected chi connectivity index (χ4v) is 1.78. The largest absolute Gasteiger partial charge is 0.480 e. The van der Waals surface area contributed by atoms with Crippen molar-refractivity contribution in [2.45, 2.75) is 43.1 Å². The number of nitrogens with two attached hydrogens (primary N) is 1. The molecule has 1 saturated heterocycles. The third kappa shape index (κ3) is 3.85. The van der Waals surface area contributed by atoms with Crippen LogP contribution in [0.25, 0.3) is 0 Å². The van der Waals surface area contributed by atoms with E-state index in [2.05, 4.69) is 5.32 Å². The first kappa shape index (κ1) is 16.8. The van der Waals surface area contributed by atoms with Crippen molar-refractivity contribution in [3.05, 3.63) is 0 Å². The van der Waals surface area contributed by atoms with Crippen LogP contribution in [0.5, 0.6) is 0 Å². The van der Waals surface area contributed by atoms with Gasteiger partial charge in [0, 0.05) is 0 Å². The Balaban J connectivity index is 2.62. The highest BCUT2D eigenvalue weighted by Gasteiger charge is 2.44. The smallest absolute Gasteiger partial charge is 0.321 e. The van der Waals surface area contributed by atoms with Gasteiger partial charge in [0.2, 0.25) is 5.91 Å². The predicted octanol–water partition coefficient (Wildman–Crippen LogP) is -4.30. The summed E-state index contributed by atoms with van der Waals surface area (Å²) in [6, 6.07) is -2.79. The summed E-state index contributed by atoms with van der Waals surface area (Å²) in [5.74, 6) is -2.21. The van der Waals surface area contributed by atoms with Crippen molar-refractivity contribution in [1.82, 2.24) is 5.32 Å². The molecule has 0 radical (unpaired) electrons. The van der Waals surface area contributed by atoms with E-state index in [1.807, 2.05) is 0 Å². The van der Waals surface area contributed by atoms with Crippen LogP contribution >= 0.6 is 0 Å². The lowest BCUT2D eigenvalue weighted by Crippen LogP contribution is -2.64. The number of carbonyl (C=O) groups excluding carboxylic acids is 1. The SMILES string of the molecule is N[C@@H](CC(=O)N[C@H]1C(O)O[C@H](CO)[C@@H](O)[C@@H]1O)C(=O)O. The Morgan fingerprint density at radius 2 is 1.85 bits per heavy atom. The van der Waals surface area contributed by atoms with Crippen molar-refractivity contribution in [2.75, 3.05) is 6.61 Å². The minimum Gasteiger partial charge on any atom is -0.480 e. The average molecular weight is 294 g/mol. The van der Waals surface area contributed by atoms with Gasteiger partial charge in [0.1, 0.15) is 30.4 Å². The average Bonchev–Trinajstić information content (AvgIpc) is 2.38. The topological polar surface area (TPSA) is 183 Å². The summed E-state index contributed by atoms with van der Waals surface area (Å²) in [7, 11) is 0. The fraction of sp³-hybridized carbons (Fsp3) is 0.800. The number of hydrogen-bond donors (Lipinski definition) is 7. The highest BCUT2D eigenvalue weighted by Crippen LogP contribution is 2.19. The number of ether oxygens (including phenoxy) is 1. The molecule has 0 aromatic carbocycles. The molecule has 1 aliphatic rings. The van der Waals surface area contributed by atoms with Gasteiger partial charge in [0.05, 0.1) is 13.0 Å². The van der Waals surface area contributed by atoms with E-state index in [0.29, 0.717) is 0 Å². The Morgan fingerprint density at radius 1 is 1.25 bits per heavy atom. The summed E-state index contributed by atoms with van der Waals surface area (Å²) in [4.78, 5) is 22.0. The number of rotatable bonds is 5. The summed E-state index contributed by atoms with van der Waals surface area (Å²) in [5, 5.41) is 48.5. The van der Waals surface area contributed by atoms with E-state index in [-0.39, 0.29) is 0 Å². The second-order valence-electron chi connectivity index (χ2n) is 4.47.